The maximum Gasteiger partial charge on any atom is 0.471 e. The van der Waals surface area contributed by atoms with E-state index in [-0.39, 0.29) is 0 Å². The molecule has 0 N–H and O–H groups in total. The maximum absolute atomic E-state index is 13.1. The van der Waals surface area contributed by atoms with Crippen LogP contribution in [-0.2, 0) is 4.79 Å². The minimum Gasteiger partial charge on any atom is -0.328 e. The number of rotatable bonds is 0. The summed E-state index contributed by atoms with van der Waals surface area (Å²) in [4.78, 5) is 15.1. The van der Waals surface area contributed by atoms with E-state index in [1.54, 1.807) is 17.8 Å². The lowest BCUT2D eigenvalue weighted by molar-refractivity contribution is -0.189. The fourth-order valence-electron chi connectivity index (χ4n) is 4.99. The van der Waals surface area contributed by atoms with Crippen LogP contribution in [0.15, 0.2) is 57.8 Å². The molecule has 7 heteroatoms. The first-order valence-electron chi connectivity index (χ1n) is 9.80. The van der Waals surface area contributed by atoms with E-state index in [2.05, 4.69) is 6.07 Å². The Kier molecular flexibility index (Phi) is 4.44. The van der Waals surface area contributed by atoms with Crippen molar-refractivity contribution < 1.29 is 18.0 Å². The van der Waals surface area contributed by atoms with Crippen molar-refractivity contribution in [2.24, 2.45) is 0 Å². The first kappa shape index (κ1) is 19.3. The molecule has 0 saturated carbocycles. The largest absolute Gasteiger partial charge is 0.471 e. The highest BCUT2D eigenvalue weighted by atomic mass is 32.2. The summed E-state index contributed by atoms with van der Waals surface area (Å²) in [5.74, 6) is -1.71. The highest BCUT2D eigenvalue weighted by Gasteiger charge is 2.51. The van der Waals surface area contributed by atoms with Crippen molar-refractivity contribution >= 4 is 23.2 Å². The molecule has 2 bridgehead atoms. The van der Waals surface area contributed by atoms with Crippen LogP contribution in [-0.4, -0.2) is 29.1 Å². The molecule has 3 aliphatic heterocycles. The van der Waals surface area contributed by atoms with E-state index in [1.165, 1.54) is 0 Å². The second-order valence-electron chi connectivity index (χ2n) is 7.90. The highest BCUT2D eigenvalue weighted by molar-refractivity contribution is 7.99. The third-order valence-electron chi connectivity index (χ3n) is 6.17. The molecule has 0 spiro atoms. The van der Waals surface area contributed by atoms with Gasteiger partial charge in [-0.2, -0.15) is 18.4 Å². The number of alkyl halides is 3. The molecule has 152 valence electrons. The smallest absolute Gasteiger partial charge is 0.328 e. The third kappa shape index (κ3) is 3.02. The Morgan fingerprint density at radius 1 is 1.03 bits per heavy atom. The van der Waals surface area contributed by atoms with Gasteiger partial charge in [-0.3, -0.25) is 4.79 Å². The van der Waals surface area contributed by atoms with Crippen LogP contribution in [0.1, 0.15) is 42.4 Å². The van der Waals surface area contributed by atoms with Crippen LogP contribution < -0.4 is 0 Å². The molecule has 2 aromatic carbocycles. The van der Waals surface area contributed by atoms with Gasteiger partial charge in [0.05, 0.1) is 11.6 Å². The van der Waals surface area contributed by atoms with Crippen molar-refractivity contribution in [3.8, 4) is 6.07 Å². The predicted octanol–water partition coefficient (Wildman–Crippen LogP) is 5.54. The summed E-state index contributed by atoms with van der Waals surface area (Å²) >= 11 is 1.61. The molecule has 5 rings (SSSR count). The Bertz CT molecular complexity index is 1120. The Labute approximate surface area is 176 Å². The summed E-state index contributed by atoms with van der Waals surface area (Å²) < 4.78 is 39.3. The highest BCUT2D eigenvalue weighted by Crippen LogP contribution is 2.50. The van der Waals surface area contributed by atoms with Crippen molar-refractivity contribution in [2.45, 2.75) is 53.7 Å². The van der Waals surface area contributed by atoms with Gasteiger partial charge in [-0.15, -0.1) is 0 Å². The summed E-state index contributed by atoms with van der Waals surface area (Å²) in [6.07, 6.45) is -2.74. The molecule has 0 unspecified atom stereocenters. The Balaban J connectivity index is 1.61. The SMILES string of the molecule is N#Cc1ccc2c(c1)Sc1ccccc1/C2=C1\C[C@H]2CC[C@@H](C1)N2C(=O)C(F)(F)F. The lowest BCUT2D eigenvalue weighted by Gasteiger charge is -2.38. The van der Waals surface area contributed by atoms with Crippen LogP contribution in [0.2, 0.25) is 0 Å². The Morgan fingerprint density at radius 3 is 2.37 bits per heavy atom. The van der Waals surface area contributed by atoms with E-state index < -0.39 is 24.2 Å². The van der Waals surface area contributed by atoms with Crippen molar-refractivity contribution in [3.05, 3.63) is 64.7 Å². The zero-order valence-corrected chi connectivity index (χ0v) is 16.7. The molecule has 3 heterocycles. The first-order valence-corrected chi connectivity index (χ1v) is 10.6. The third-order valence-corrected chi connectivity index (χ3v) is 7.30. The minimum absolute atomic E-state index is 0.413. The Hall–Kier alpha value is -2.72. The average molecular weight is 426 g/mol. The summed E-state index contributed by atoms with van der Waals surface area (Å²) in [7, 11) is 0. The monoisotopic (exact) mass is 426 g/mol. The molecule has 2 saturated heterocycles. The fraction of sp³-hybridized carbons (Fsp3) is 0.304. The van der Waals surface area contributed by atoms with Gasteiger partial charge in [0.2, 0.25) is 0 Å². The zero-order valence-electron chi connectivity index (χ0n) is 15.9. The molecule has 2 aromatic rings. The molecule has 3 aliphatic rings. The van der Waals surface area contributed by atoms with E-state index >= 15 is 0 Å². The van der Waals surface area contributed by atoms with Crippen molar-refractivity contribution in [1.82, 2.24) is 4.90 Å². The summed E-state index contributed by atoms with van der Waals surface area (Å²) in [5, 5.41) is 9.27. The molecule has 2 atom stereocenters. The lowest BCUT2D eigenvalue weighted by atomic mass is 9.85. The zero-order chi connectivity index (χ0) is 21.0. The number of nitrogens with zero attached hydrogens (tertiary/aromatic N) is 2. The van der Waals surface area contributed by atoms with Gasteiger partial charge < -0.3 is 4.90 Å². The van der Waals surface area contributed by atoms with Crippen LogP contribution >= 0.6 is 11.8 Å². The van der Waals surface area contributed by atoms with Crippen LogP contribution in [0.5, 0.6) is 0 Å². The topological polar surface area (TPSA) is 44.1 Å². The molecule has 0 aromatic heterocycles. The summed E-state index contributed by atoms with van der Waals surface area (Å²) in [6.45, 7) is 0. The van der Waals surface area contributed by atoms with E-state index in [9.17, 15) is 23.2 Å². The average Bonchev–Trinajstić information content (AvgIpc) is 2.99. The molecule has 30 heavy (non-hydrogen) atoms. The number of hydrogen-bond donors (Lipinski definition) is 0. The predicted molar refractivity (Wildman–Crippen MR) is 107 cm³/mol. The van der Waals surface area contributed by atoms with Crippen molar-refractivity contribution in [2.75, 3.05) is 0 Å². The maximum atomic E-state index is 13.1. The number of carbonyl (C=O) groups excluding carboxylic acids is 1. The number of amides is 1. The van der Waals surface area contributed by atoms with Crippen molar-refractivity contribution in [3.63, 3.8) is 0 Å². The Morgan fingerprint density at radius 2 is 1.70 bits per heavy atom. The number of nitriles is 1. The summed E-state index contributed by atoms with van der Waals surface area (Å²) in [6, 6.07) is 14.9. The van der Waals surface area contributed by atoms with Gasteiger partial charge in [0, 0.05) is 21.9 Å². The van der Waals surface area contributed by atoms with Gasteiger partial charge in [0.15, 0.2) is 0 Å². The molecular weight excluding hydrogens is 409 g/mol. The summed E-state index contributed by atoms with van der Waals surface area (Å²) in [5.41, 5.74) is 4.83. The van der Waals surface area contributed by atoms with Crippen LogP contribution in [0.4, 0.5) is 13.2 Å². The second-order valence-corrected chi connectivity index (χ2v) is 8.99. The molecule has 0 radical (unpaired) electrons. The molecule has 2 fully saturated rings. The van der Waals surface area contributed by atoms with Crippen LogP contribution in [0, 0.1) is 11.3 Å². The fourth-order valence-corrected chi connectivity index (χ4v) is 6.12. The molecule has 0 aliphatic carbocycles. The van der Waals surface area contributed by atoms with E-state index in [0.717, 1.165) is 37.0 Å². The van der Waals surface area contributed by atoms with E-state index in [0.29, 0.717) is 31.2 Å². The number of fused-ring (bicyclic) bond motifs is 4. The first-order chi connectivity index (χ1) is 14.4. The van der Waals surface area contributed by atoms with Gasteiger partial charge in [0.1, 0.15) is 0 Å². The van der Waals surface area contributed by atoms with Crippen LogP contribution in [0.3, 0.4) is 0 Å². The van der Waals surface area contributed by atoms with Gasteiger partial charge in [-0.25, -0.2) is 0 Å². The number of piperidine rings is 1. The lowest BCUT2D eigenvalue weighted by Crippen LogP contribution is -2.50. The van der Waals surface area contributed by atoms with Crippen LogP contribution in [0.25, 0.3) is 5.57 Å². The van der Waals surface area contributed by atoms with Gasteiger partial charge in [-0.1, -0.05) is 41.6 Å². The number of hydrogen-bond acceptors (Lipinski definition) is 3. The number of carbonyl (C=O) groups is 1. The quantitative estimate of drug-likeness (QED) is 0.474. The number of halogens is 3. The molecule has 1 amide bonds. The van der Waals surface area contributed by atoms with Gasteiger partial charge >= 0.3 is 12.1 Å². The van der Waals surface area contributed by atoms with Gasteiger partial charge in [0.25, 0.3) is 0 Å². The minimum atomic E-state index is -4.83. The normalized spacial score (nSPS) is 24.8. The van der Waals surface area contributed by atoms with E-state index in [4.69, 9.17) is 0 Å². The standard InChI is InChI=1S/C23H17F3N2OS/c24-23(25,26)22(29)28-15-6-7-16(28)11-14(10-15)21-17-3-1-2-4-19(17)30-20-9-13(12-27)5-8-18(20)21/h1-5,8-9,15-16H,6-7,10-11H2/b21-14-/t15-,16+/m1/s1. The number of benzene rings is 2. The second kappa shape index (κ2) is 6.92. The van der Waals surface area contributed by atoms with E-state index in [1.807, 2.05) is 36.4 Å². The molecule has 3 nitrogen and oxygen atoms in total. The van der Waals surface area contributed by atoms with Crippen molar-refractivity contribution in [1.29, 1.82) is 5.26 Å². The van der Waals surface area contributed by atoms with Gasteiger partial charge in [-0.05, 0) is 60.6 Å². The molecular formula is C23H17F3N2OS.